The van der Waals surface area contributed by atoms with Crippen molar-refractivity contribution in [2.24, 2.45) is 5.73 Å². The molecular weight excluding hydrogens is 142 g/mol. The monoisotopic (exact) mass is 165 g/mol. The first-order chi connectivity index (χ1) is 5.41. The van der Waals surface area contributed by atoms with Crippen LogP contribution in [0.5, 0.6) is 0 Å². The van der Waals surface area contributed by atoms with Crippen LogP contribution in [0, 0.1) is 0 Å². The standard InChI is InChI=1S/C6H15NO2.C2H6.H2/c1-2-8-5-6-9-4-3-7;1-2;/h2-7H2,1H3;1-2H3;1H. The first kappa shape index (κ1) is 13.5. The van der Waals surface area contributed by atoms with Gasteiger partial charge >= 0.3 is 0 Å². The molecule has 0 aromatic rings. The van der Waals surface area contributed by atoms with Crippen molar-refractivity contribution in [1.82, 2.24) is 0 Å². The van der Waals surface area contributed by atoms with E-state index in [0.717, 1.165) is 6.61 Å². The molecule has 0 fully saturated rings. The number of hydrogen-bond donors (Lipinski definition) is 1. The average Bonchev–Trinajstić information content (AvgIpc) is 2.08. The Balaban J connectivity index is -0.000000249. The predicted molar refractivity (Wildman–Crippen MR) is 49.8 cm³/mol. The second-order valence-corrected chi connectivity index (χ2v) is 1.60. The number of nitrogens with two attached hydrogens (primary N) is 1. The third-order valence-corrected chi connectivity index (χ3v) is 0.838. The maximum Gasteiger partial charge on any atom is 0.0701 e. The van der Waals surface area contributed by atoms with Crippen LogP contribution in [0.2, 0.25) is 0 Å². The van der Waals surface area contributed by atoms with Crippen molar-refractivity contribution in [3.63, 3.8) is 0 Å². The predicted octanol–water partition coefficient (Wildman–Crippen LogP) is 1.27. The van der Waals surface area contributed by atoms with Gasteiger partial charge in [0.05, 0.1) is 19.8 Å². The zero-order chi connectivity index (χ0) is 8.95. The summed E-state index contributed by atoms with van der Waals surface area (Å²) in [5.41, 5.74) is 5.18. The van der Waals surface area contributed by atoms with E-state index in [1.54, 1.807) is 0 Å². The minimum atomic E-state index is 0. The lowest BCUT2D eigenvalue weighted by Gasteiger charge is -2.00. The van der Waals surface area contributed by atoms with Crippen LogP contribution in [-0.4, -0.2) is 33.0 Å². The average molecular weight is 165 g/mol. The highest BCUT2D eigenvalue weighted by molar-refractivity contribution is 4.31. The summed E-state index contributed by atoms with van der Waals surface area (Å²) < 4.78 is 10.0. The van der Waals surface area contributed by atoms with E-state index in [1.807, 2.05) is 20.8 Å². The van der Waals surface area contributed by atoms with E-state index in [1.165, 1.54) is 0 Å². The summed E-state index contributed by atoms with van der Waals surface area (Å²) in [5.74, 6) is 0. The lowest BCUT2D eigenvalue weighted by atomic mass is 10.7. The van der Waals surface area contributed by atoms with Gasteiger partial charge in [-0.05, 0) is 6.92 Å². The van der Waals surface area contributed by atoms with Gasteiger partial charge in [0.25, 0.3) is 0 Å². The Morgan fingerprint density at radius 3 is 2.09 bits per heavy atom. The Labute approximate surface area is 71.4 Å². The third-order valence-electron chi connectivity index (χ3n) is 0.838. The highest BCUT2D eigenvalue weighted by Gasteiger charge is 1.83. The molecule has 0 spiro atoms. The van der Waals surface area contributed by atoms with E-state index in [-0.39, 0.29) is 1.43 Å². The molecule has 0 aromatic heterocycles. The van der Waals surface area contributed by atoms with Crippen molar-refractivity contribution in [3.8, 4) is 0 Å². The molecule has 0 radical (unpaired) electrons. The van der Waals surface area contributed by atoms with Gasteiger partial charge in [-0.3, -0.25) is 0 Å². The molecule has 0 bridgehead atoms. The fourth-order valence-corrected chi connectivity index (χ4v) is 0.448. The van der Waals surface area contributed by atoms with Crippen molar-refractivity contribution in [2.75, 3.05) is 33.0 Å². The molecule has 0 unspecified atom stereocenters. The Kier molecular flexibility index (Phi) is 20.2. The van der Waals surface area contributed by atoms with Crippen LogP contribution in [0.15, 0.2) is 0 Å². The van der Waals surface area contributed by atoms with Gasteiger partial charge in [0.2, 0.25) is 0 Å². The fraction of sp³-hybridized carbons (Fsp3) is 1.00. The molecule has 0 amide bonds. The second kappa shape index (κ2) is 16.5. The van der Waals surface area contributed by atoms with Gasteiger partial charge in [0, 0.05) is 14.6 Å². The molecule has 0 saturated carbocycles. The molecule has 0 aliphatic heterocycles. The summed E-state index contributed by atoms with van der Waals surface area (Å²) >= 11 is 0. The van der Waals surface area contributed by atoms with Crippen LogP contribution in [0.1, 0.15) is 22.2 Å². The molecular formula is C8H23NO2. The molecule has 0 heterocycles. The molecule has 0 atom stereocenters. The van der Waals surface area contributed by atoms with Crippen LogP contribution in [0.3, 0.4) is 0 Å². The van der Waals surface area contributed by atoms with Gasteiger partial charge in [0.15, 0.2) is 0 Å². The minimum Gasteiger partial charge on any atom is -0.379 e. The van der Waals surface area contributed by atoms with Gasteiger partial charge in [-0.25, -0.2) is 0 Å². The highest BCUT2D eigenvalue weighted by Crippen LogP contribution is 1.75. The lowest BCUT2D eigenvalue weighted by Crippen LogP contribution is -2.11. The molecule has 0 rings (SSSR count). The number of hydrogen-bond acceptors (Lipinski definition) is 3. The molecule has 2 N–H and O–H groups in total. The van der Waals surface area contributed by atoms with Gasteiger partial charge in [0.1, 0.15) is 0 Å². The SMILES string of the molecule is CC.CCOCCOCCN.[HH]. The highest BCUT2D eigenvalue weighted by atomic mass is 16.5. The first-order valence-electron chi connectivity index (χ1n) is 4.27. The zero-order valence-corrected chi connectivity index (χ0v) is 7.93. The van der Waals surface area contributed by atoms with Crippen LogP contribution >= 0.6 is 0 Å². The summed E-state index contributed by atoms with van der Waals surface area (Å²) in [6.45, 7) is 9.27. The summed E-state index contributed by atoms with van der Waals surface area (Å²) in [5, 5.41) is 0. The Morgan fingerprint density at radius 2 is 1.64 bits per heavy atom. The van der Waals surface area contributed by atoms with E-state index < -0.39 is 0 Å². The van der Waals surface area contributed by atoms with Crippen LogP contribution in [0.4, 0.5) is 0 Å². The molecule has 0 aliphatic carbocycles. The molecule has 0 aliphatic rings. The first-order valence-corrected chi connectivity index (χ1v) is 4.27. The summed E-state index contributed by atoms with van der Waals surface area (Å²) in [7, 11) is 0. The van der Waals surface area contributed by atoms with Gasteiger partial charge < -0.3 is 15.2 Å². The summed E-state index contributed by atoms with van der Waals surface area (Å²) in [4.78, 5) is 0. The van der Waals surface area contributed by atoms with Crippen LogP contribution in [-0.2, 0) is 9.47 Å². The molecule has 72 valence electrons. The maximum absolute atomic E-state index is 5.18. The van der Waals surface area contributed by atoms with E-state index in [0.29, 0.717) is 26.4 Å². The van der Waals surface area contributed by atoms with Crippen molar-refractivity contribution in [1.29, 1.82) is 0 Å². The molecule has 3 nitrogen and oxygen atoms in total. The van der Waals surface area contributed by atoms with Gasteiger partial charge in [-0.15, -0.1) is 0 Å². The summed E-state index contributed by atoms with van der Waals surface area (Å²) in [6, 6.07) is 0. The quantitative estimate of drug-likeness (QED) is 0.603. The minimum absolute atomic E-state index is 0. The van der Waals surface area contributed by atoms with Crippen molar-refractivity contribution in [3.05, 3.63) is 0 Å². The zero-order valence-electron chi connectivity index (χ0n) is 7.93. The molecule has 3 heteroatoms. The normalized spacial score (nSPS) is 8.73. The lowest BCUT2D eigenvalue weighted by molar-refractivity contribution is 0.0561. The number of rotatable bonds is 6. The van der Waals surface area contributed by atoms with E-state index in [2.05, 4.69) is 0 Å². The Morgan fingerprint density at radius 1 is 1.09 bits per heavy atom. The van der Waals surface area contributed by atoms with Crippen molar-refractivity contribution < 1.29 is 10.9 Å². The summed E-state index contributed by atoms with van der Waals surface area (Å²) in [6.07, 6.45) is 0. The number of ether oxygens (including phenoxy) is 2. The third kappa shape index (κ3) is 17.7. The molecule has 0 saturated heterocycles. The van der Waals surface area contributed by atoms with E-state index >= 15 is 0 Å². The fourth-order valence-electron chi connectivity index (χ4n) is 0.448. The Bertz CT molecular complexity index is 50.3. The van der Waals surface area contributed by atoms with Crippen LogP contribution in [0.25, 0.3) is 0 Å². The van der Waals surface area contributed by atoms with E-state index in [9.17, 15) is 0 Å². The van der Waals surface area contributed by atoms with Crippen molar-refractivity contribution >= 4 is 0 Å². The Hall–Kier alpha value is -0.120. The molecule has 0 aromatic carbocycles. The largest absolute Gasteiger partial charge is 0.379 e. The second-order valence-electron chi connectivity index (χ2n) is 1.60. The van der Waals surface area contributed by atoms with Gasteiger partial charge in [-0.2, -0.15) is 0 Å². The maximum atomic E-state index is 5.18. The van der Waals surface area contributed by atoms with E-state index in [4.69, 9.17) is 15.2 Å². The smallest absolute Gasteiger partial charge is 0.0701 e. The van der Waals surface area contributed by atoms with Gasteiger partial charge in [-0.1, -0.05) is 13.8 Å². The van der Waals surface area contributed by atoms with Crippen molar-refractivity contribution in [2.45, 2.75) is 20.8 Å². The molecule has 11 heavy (non-hydrogen) atoms. The topological polar surface area (TPSA) is 44.5 Å². The van der Waals surface area contributed by atoms with Crippen LogP contribution < -0.4 is 5.73 Å².